The maximum atomic E-state index is 12.7. The van der Waals surface area contributed by atoms with Gasteiger partial charge in [0.15, 0.2) is 0 Å². The van der Waals surface area contributed by atoms with Gasteiger partial charge < -0.3 is 9.72 Å². The van der Waals surface area contributed by atoms with E-state index < -0.39 is 10.0 Å². The summed E-state index contributed by atoms with van der Waals surface area (Å²) in [6.45, 7) is 3.81. The molecule has 0 bridgehead atoms. The molecule has 3 aromatic rings. The third-order valence-electron chi connectivity index (χ3n) is 3.89. The lowest BCUT2D eigenvalue weighted by atomic mass is 10.1. The van der Waals surface area contributed by atoms with Gasteiger partial charge in [-0.25, -0.2) is 18.1 Å². The van der Waals surface area contributed by atoms with Crippen LogP contribution in [0.3, 0.4) is 0 Å². The summed E-state index contributed by atoms with van der Waals surface area (Å²) < 4.78 is 33.1. The van der Waals surface area contributed by atoms with Crippen LogP contribution in [0.2, 0.25) is 0 Å². The summed E-state index contributed by atoms with van der Waals surface area (Å²) in [4.78, 5) is 19.7. The second-order valence-corrected chi connectivity index (χ2v) is 8.43. The number of thiophene rings is 1. The van der Waals surface area contributed by atoms with E-state index in [0.717, 1.165) is 11.1 Å². The van der Waals surface area contributed by atoms with Crippen LogP contribution in [0.5, 0.6) is 5.75 Å². The number of fused-ring (bicyclic) bond motifs is 1. The van der Waals surface area contributed by atoms with Gasteiger partial charge in [0, 0.05) is 11.4 Å². The number of aromatic nitrogens is 2. The van der Waals surface area contributed by atoms with Crippen molar-refractivity contribution in [3.05, 3.63) is 50.9 Å². The van der Waals surface area contributed by atoms with Gasteiger partial charge >= 0.3 is 0 Å². The molecule has 1 aromatic carbocycles. The summed E-state index contributed by atoms with van der Waals surface area (Å²) in [6, 6.07) is 4.94. The highest BCUT2D eigenvalue weighted by Crippen LogP contribution is 2.28. The minimum atomic E-state index is -3.76. The number of benzene rings is 1. The van der Waals surface area contributed by atoms with Gasteiger partial charge in [0.1, 0.15) is 15.5 Å². The maximum absolute atomic E-state index is 12.7. The molecule has 25 heavy (non-hydrogen) atoms. The van der Waals surface area contributed by atoms with E-state index in [1.807, 2.05) is 13.8 Å². The summed E-state index contributed by atoms with van der Waals surface area (Å²) in [7, 11) is -2.33. The molecule has 0 fully saturated rings. The molecule has 9 heteroatoms. The van der Waals surface area contributed by atoms with Crippen molar-refractivity contribution in [1.82, 2.24) is 14.7 Å². The Balaban J connectivity index is 1.90. The van der Waals surface area contributed by atoms with E-state index in [1.54, 1.807) is 18.2 Å². The zero-order valence-corrected chi connectivity index (χ0v) is 15.5. The summed E-state index contributed by atoms with van der Waals surface area (Å²) >= 11 is 1.27. The molecule has 0 unspecified atom stereocenters. The summed E-state index contributed by atoms with van der Waals surface area (Å²) in [5, 5.41) is 0.449. The van der Waals surface area contributed by atoms with Crippen molar-refractivity contribution in [2.75, 3.05) is 7.11 Å². The normalized spacial score (nSPS) is 11.8. The Kier molecular flexibility index (Phi) is 4.63. The minimum absolute atomic E-state index is 0.0683. The molecule has 7 nitrogen and oxygen atoms in total. The van der Waals surface area contributed by atoms with Gasteiger partial charge in [-0.05, 0) is 43.2 Å². The first-order valence-corrected chi connectivity index (χ1v) is 9.73. The molecular weight excluding hydrogens is 362 g/mol. The van der Waals surface area contributed by atoms with Gasteiger partial charge in [-0.2, -0.15) is 0 Å². The van der Waals surface area contributed by atoms with Crippen LogP contribution in [0.4, 0.5) is 0 Å². The van der Waals surface area contributed by atoms with Crippen LogP contribution in [0.15, 0.2) is 34.2 Å². The van der Waals surface area contributed by atoms with Crippen LogP contribution in [0.1, 0.15) is 16.0 Å². The van der Waals surface area contributed by atoms with Gasteiger partial charge in [0.25, 0.3) is 5.56 Å². The molecule has 0 aliphatic heterocycles. The monoisotopic (exact) mass is 379 g/mol. The Morgan fingerprint density at radius 3 is 2.64 bits per heavy atom. The van der Waals surface area contributed by atoms with Crippen molar-refractivity contribution >= 4 is 31.6 Å². The van der Waals surface area contributed by atoms with Crippen molar-refractivity contribution < 1.29 is 13.2 Å². The number of H-pyrrole nitrogens is 1. The average molecular weight is 379 g/mol. The van der Waals surface area contributed by atoms with Gasteiger partial charge in [-0.1, -0.05) is 0 Å². The van der Waals surface area contributed by atoms with Crippen LogP contribution < -0.4 is 15.0 Å². The Hall–Kier alpha value is -2.23. The van der Waals surface area contributed by atoms with Gasteiger partial charge in [-0.3, -0.25) is 4.79 Å². The molecule has 0 saturated heterocycles. The smallest absolute Gasteiger partial charge is 0.259 e. The summed E-state index contributed by atoms with van der Waals surface area (Å²) in [5.41, 5.74) is 1.57. The Bertz CT molecular complexity index is 1100. The first-order valence-electron chi connectivity index (χ1n) is 7.43. The predicted octanol–water partition coefficient (Wildman–Crippen LogP) is 2.09. The first kappa shape index (κ1) is 17.6. The Morgan fingerprint density at radius 1 is 1.24 bits per heavy atom. The number of hydrogen-bond donors (Lipinski definition) is 2. The lowest BCUT2D eigenvalue weighted by Crippen LogP contribution is -2.23. The van der Waals surface area contributed by atoms with E-state index in [4.69, 9.17) is 4.74 Å². The maximum Gasteiger partial charge on any atom is 0.259 e. The van der Waals surface area contributed by atoms with Crippen molar-refractivity contribution in [1.29, 1.82) is 0 Å². The fourth-order valence-electron chi connectivity index (χ4n) is 2.38. The third-order valence-corrected chi connectivity index (χ3v) is 6.36. The molecule has 132 valence electrons. The van der Waals surface area contributed by atoms with Crippen molar-refractivity contribution in [2.24, 2.45) is 0 Å². The molecule has 0 aliphatic carbocycles. The van der Waals surface area contributed by atoms with E-state index in [2.05, 4.69) is 14.7 Å². The number of methoxy groups -OCH3 is 1. The van der Waals surface area contributed by atoms with Gasteiger partial charge in [-0.15, -0.1) is 11.3 Å². The first-order chi connectivity index (χ1) is 11.8. The van der Waals surface area contributed by atoms with E-state index in [1.165, 1.54) is 24.8 Å². The Labute approximate surface area is 148 Å². The fourth-order valence-corrected chi connectivity index (χ4v) is 4.65. The molecule has 2 N–H and O–H groups in total. The molecule has 0 amide bonds. The number of hydrogen-bond acceptors (Lipinski definition) is 6. The second kappa shape index (κ2) is 6.58. The van der Waals surface area contributed by atoms with Crippen molar-refractivity contribution in [2.45, 2.75) is 25.3 Å². The summed E-state index contributed by atoms with van der Waals surface area (Å²) in [6.07, 6.45) is 1.33. The van der Waals surface area contributed by atoms with E-state index >= 15 is 0 Å². The molecule has 0 spiro atoms. The summed E-state index contributed by atoms with van der Waals surface area (Å²) in [5.74, 6) is 0.296. The predicted molar refractivity (Wildman–Crippen MR) is 96.7 cm³/mol. The highest BCUT2D eigenvalue weighted by Gasteiger charge is 2.21. The average Bonchev–Trinajstić information content (AvgIpc) is 3.00. The number of rotatable bonds is 5. The second-order valence-electron chi connectivity index (χ2n) is 5.58. The standard InChI is InChI=1S/C16H17N3O4S2/c1-9-4-13(23-3)14(5-10(9)2)25(21,22)19-7-11-6-12-15(20)17-8-18-16(12)24-11/h4-6,8,19H,7H2,1-3H3,(H,17,18,20). The number of ether oxygens (including phenoxy) is 1. The van der Waals surface area contributed by atoms with E-state index in [9.17, 15) is 13.2 Å². The van der Waals surface area contributed by atoms with E-state index in [0.29, 0.717) is 20.8 Å². The molecule has 0 atom stereocenters. The SMILES string of the molecule is COc1cc(C)c(C)cc1S(=O)(=O)NCc1cc2c(=O)[nH]cnc2s1. The Morgan fingerprint density at radius 2 is 1.96 bits per heavy atom. The highest BCUT2D eigenvalue weighted by molar-refractivity contribution is 7.89. The van der Waals surface area contributed by atoms with Gasteiger partial charge in [0.05, 0.1) is 18.8 Å². The van der Waals surface area contributed by atoms with Crippen molar-refractivity contribution in [3.63, 3.8) is 0 Å². The van der Waals surface area contributed by atoms with Crippen LogP contribution in [0, 0.1) is 13.8 Å². The zero-order chi connectivity index (χ0) is 18.2. The molecule has 3 rings (SSSR count). The molecular formula is C16H17N3O4S2. The number of nitrogens with zero attached hydrogens (tertiary/aromatic N) is 1. The van der Waals surface area contributed by atoms with E-state index in [-0.39, 0.29) is 17.0 Å². The van der Waals surface area contributed by atoms with Crippen LogP contribution in [0.25, 0.3) is 10.2 Å². The number of aryl methyl sites for hydroxylation is 2. The quantitative estimate of drug-likeness (QED) is 0.707. The molecule has 0 saturated carbocycles. The topological polar surface area (TPSA) is 101 Å². The van der Waals surface area contributed by atoms with Crippen LogP contribution >= 0.6 is 11.3 Å². The minimum Gasteiger partial charge on any atom is -0.495 e. The highest BCUT2D eigenvalue weighted by atomic mass is 32.2. The van der Waals surface area contributed by atoms with Gasteiger partial charge in [0.2, 0.25) is 10.0 Å². The van der Waals surface area contributed by atoms with Crippen LogP contribution in [-0.4, -0.2) is 25.5 Å². The van der Waals surface area contributed by atoms with Crippen LogP contribution in [-0.2, 0) is 16.6 Å². The fraction of sp³-hybridized carbons (Fsp3) is 0.250. The van der Waals surface area contributed by atoms with Crippen molar-refractivity contribution in [3.8, 4) is 5.75 Å². The molecule has 0 radical (unpaired) electrons. The lowest BCUT2D eigenvalue weighted by Gasteiger charge is -2.12. The third kappa shape index (κ3) is 3.44. The lowest BCUT2D eigenvalue weighted by molar-refractivity contribution is 0.402. The largest absolute Gasteiger partial charge is 0.495 e. The number of sulfonamides is 1. The number of aromatic amines is 1. The molecule has 2 heterocycles. The number of nitrogens with one attached hydrogen (secondary N) is 2. The zero-order valence-electron chi connectivity index (χ0n) is 13.9. The molecule has 0 aliphatic rings. The molecule has 2 aromatic heterocycles.